The van der Waals surface area contributed by atoms with Crippen molar-refractivity contribution in [1.29, 1.82) is 0 Å². The van der Waals surface area contributed by atoms with Crippen LogP contribution in [0.4, 0.5) is 0 Å². The van der Waals surface area contributed by atoms with E-state index in [4.69, 9.17) is 9.84 Å². The summed E-state index contributed by atoms with van der Waals surface area (Å²) in [5.74, 6) is 1.08. The fraction of sp³-hybridized carbons (Fsp3) is 0.500. The molecule has 1 fully saturated rings. The first kappa shape index (κ1) is 15.8. The maximum absolute atomic E-state index is 12.1. The third kappa shape index (κ3) is 4.20. The molecule has 1 amide bonds. The molecule has 110 valence electrons. The van der Waals surface area contributed by atoms with E-state index in [-0.39, 0.29) is 19.1 Å². The van der Waals surface area contributed by atoms with Gasteiger partial charge in [-0.2, -0.15) is 0 Å². The lowest BCUT2D eigenvalue weighted by Crippen LogP contribution is -2.33. The summed E-state index contributed by atoms with van der Waals surface area (Å²) in [4.78, 5) is 13.9. The molecule has 1 saturated heterocycles. The molecule has 4 nitrogen and oxygen atoms in total. The number of aliphatic hydroxyl groups excluding tert-OH is 1. The molecule has 2 rings (SSSR count). The average molecular weight is 407 g/mol. The van der Waals surface area contributed by atoms with Gasteiger partial charge in [0.2, 0.25) is 0 Å². The molecular formula is C14H17Br2NO3. The minimum Gasteiger partial charge on any atom is -0.483 e. The molecule has 0 aromatic heterocycles. The van der Waals surface area contributed by atoms with E-state index in [0.29, 0.717) is 11.7 Å². The molecule has 1 unspecified atom stereocenters. The van der Waals surface area contributed by atoms with Gasteiger partial charge in [-0.15, -0.1) is 0 Å². The molecule has 1 atom stereocenters. The van der Waals surface area contributed by atoms with E-state index in [0.717, 1.165) is 34.9 Å². The van der Waals surface area contributed by atoms with Crippen LogP contribution < -0.4 is 4.74 Å². The highest BCUT2D eigenvalue weighted by Gasteiger charge is 2.25. The van der Waals surface area contributed by atoms with Crippen molar-refractivity contribution in [3.05, 3.63) is 27.1 Å². The highest BCUT2D eigenvalue weighted by molar-refractivity contribution is 9.11. The van der Waals surface area contributed by atoms with Crippen molar-refractivity contribution in [2.45, 2.75) is 12.8 Å². The Kier molecular flexibility index (Phi) is 5.86. The SMILES string of the molecule is O=C(COc1ccc(Br)cc1Br)N1CCC(CCO)C1. The van der Waals surface area contributed by atoms with E-state index in [1.54, 1.807) is 0 Å². The summed E-state index contributed by atoms with van der Waals surface area (Å²) >= 11 is 6.77. The largest absolute Gasteiger partial charge is 0.483 e. The van der Waals surface area contributed by atoms with E-state index in [2.05, 4.69) is 31.9 Å². The number of ether oxygens (including phenoxy) is 1. The van der Waals surface area contributed by atoms with Crippen molar-refractivity contribution in [1.82, 2.24) is 4.90 Å². The highest BCUT2D eigenvalue weighted by Crippen LogP contribution is 2.28. The monoisotopic (exact) mass is 405 g/mol. The lowest BCUT2D eigenvalue weighted by Gasteiger charge is -2.17. The molecule has 6 heteroatoms. The summed E-state index contributed by atoms with van der Waals surface area (Å²) < 4.78 is 7.32. The quantitative estimate of drug-likeness (QED) is 0.817. The predicted molar refractivity (Wildman–Crippen MR) is 83.7 cm³/mol. The number of hydrogen-bond donors (Lipinski definition) is 1. The maximum atomic E-state index is 12.1. The molecule has 1 aliphatic heterocycles. The molecule has 1 aliphatic rings. The Balaban J connectivity index is 1.83. The number of halogens is 2. The van der Waals surface area contributed by atoms with Gasteiger partial charge in [0, 0.05) is 24.2 Å². The zero-order valence-corrected chi connectivity index (χ0v) is 14.2. The summed E-state index contributed by atoms with van der Waals surface area (Å²) in [6, 6.07) is 5.57. The molecule has 0 aliphatic carbocycles. The Hall–Kier alpha value is -0.590. The average Bonchev–Trinajstić information content (AvgIpc) is 2.86. The van der Waals surface area contributed by atoms with Gasteiger partial charge in [0.25, 0.3) is 5.91 Å². The molecular weight excluding hydrogens is 390 g/mol. The molecule has 0 radical (unpaired) electrons. The third-order valence-electron chi connectivity index (χ3n) is 3.42. The normalized spacial score (nSPS) is 18.4. The van der Waals surface area contributed by atoms with E-state index in [1.165, 1.54) is 0 Å². The van der Waals surface area contributed by atoms with Gasteiger partial charge in [-0.3, -0.25) is 4.79 Å². The van der Waals surface area contributed by atoms with Crippen molar-refractivity contribution in [2.24, 2.45) is 5.92 Å². The topological polar surface area (TPSA) is 49.8 Å². The van der Waals surface area contributed by atoms with Crippen LogP contribution >= 0.6 is 31.9 Å². The predicted octanol–water partition coefficient (Wildman–Crippen LogP) is 2.82. The lowest BCUT2D eigenvalue weighted by molar-refractivity contribution is -0.132. The van der Waals surface area contributed by atoms with Gasteiger partial charge in [-0.05, 0) is 52.9 Å². The van der Waals surface area contributed by atoms with E-state index in [9.17, 15) is 4.79 Å². The first-order valence-corrected chi connectivity index (χ1v) is 8.15. The van der Waals surface area contributed by atoms with Crippen molar-refractivity contribution in [3.63, 3.8) is 0 Å². The standard InChI is InChI=1S/C14H17Br2NO3/c15-11-1-2-13(12(16)7-11)20-9-14(19)17-5-3-10(8-17)4-6-18/h1-2,7,10,18H,3-6,8-9H2. The number of aliphatic hydroxyl groups is 1. The number of benzene rings is 1. The van der Waals surface area contributed by atoms with Crippen molar-refractivity contribution in [2.75, 3.05) is 26.3 Å². The van der Waals surface area contributed by atoms with Gasteiger partial charge in [0.1, 0.15) is 5.75 Å². The van der Waals surface area contributed by atoms with Gasteiger partial charge in [-0.25, -0.2) is 0 Å². The number of rotatable bonds is 5. The molecule has 1 aromatic carbocycles. The van der Waals surface area contributed by atoms with Crippen LogP contribution in [0.1, 0.15) is 12.8 Å². The van der Waals surface area contributed by atoms with Gasteiger partial charge >= 0.3 is 0 Å². The first-order chi connectivity index (χ1) is 9.60. The van der Waals surface area contributed by atoms with Gasteiger partial charge < -0.3 is 14.7 Å². The number of likely N-dealkylation sites (tertiary alicyclic amines) is 1. The Bertz CT molecular complexity index is 481. The summed E-state index contributed by atoms with van der Waals surface area (Å²) in [5, 5.41) is 8.92. The summed E-state index contributed by atoms with van der Waals surface area (Å²) in [7, 11) is 0. The first-order valence-electron chi connectivity index (χ1n) is 6.56. The fourth-order valence-electron chi connectivity index (χ4n) is 2.30. The second kappa shape index (κ2) is 7.43. The number of amides is 1. The van der Waals surface area contributed by atoms with Gasteiger partial charge in [0.05, 0.1) is 4.47 Å². The van der Waals surface area contributed by atoms with Crippen LogP contribution in [0.3, 0.4) is 0 Å². The van der Waals surface area contributed by atoms with Crippen LogP contribution in [0.15, 0.2) is 27.1 Å². The van der Waals surface area contributed by atoms with Crippen molar-refractivity contribution in [3.8, 4) is 5.75 Å². The molecule has 0 saturated carbocycles. The highest BCUT2D eigenvalue weighted by atomic mass is 79.9. The smallest absolute Gasteiger partial charge is 0.260 e. The number of carbonyl (C=O) groups is 1. The van der Waals surface area contributed by atoms with Crippen LogP contribution in [0.2, 0.25) is 0 Å². The molecule has 1 aromatic rings. The van der Waals surface area contributed by atoms with Gasteiger partial charge in [0.15, 0.2) is 6.61 Å². The summed E-state index contributed by atoms with van der Waals surface area (Å²) in [5.41, 5.74) is 0. The Labute approximate surface area is 135 Å². The van der Waals surface area contributed by atoms with E-state index in [1.807, 2.05) is 23.1 Å². The number of nitrogens with zero attached hydrogens (tertiary/aromatic N) is 1. The maximum Gasteiger partial charge on any atom is 0.260 e. The van der Waals surface area contributed by atoms with Crippen LogP contribution in [0.5, 0.6) is 5.75 Å². The van der Waals surface area contributed by atoms with E-state index < -0.39 is 0 Å². The summed E-state index contributed by atoms with van der Waals surface area (Å²) in [6.07, 6.45) is 1.73. The second-order valence-electron chi connectivity index (χ2n) is 4.87. The minimum absolute atomic E-state index is 0.000239. The molecule has 1 N–H and O–H groups in total. The molecule has 0 spiro atoms. The molecule has 1 heterocycles. The number of hydrogen-bond acceptors (Lipinski definition) is 3. The van der Waals surface area contributed by atoms with Crippen LogP contribution in [-0.4, -0.2) is 42.2 Å². The zero-order chi connectivity index (χ0) is 14.5. The second-order valence-corrected chi connectivity index (χ2v) is 6.64. The Morgan fingerprint density at radius 2 is 2.25 bits per heavy atom. The lowest BCUT2D eigenvalue weighted by atomic mass is 10.1. The minimum atomic E-state index is 0.000239. The van der Waals surface area contributed by atoms with Crippen LogP contribution in [-0.2, 0) is 4.79 Å². The summed E-state index contributed by atoms with van der Waals surface area (Å²) in [6.45, 7) is 1.72. The third-order valence-corrected chi connectivity index (χ3v) is 4.53. The van der Waals surface area contributed by atoms with Crippen LogP contribution in [0, 0.1) is 5.92 Å². The Morgan fingerprint density at radius 3 is 2.95 bits per heavy atom. The Morgan fingerprint density at radius 1 is 1.45 bits per heavy atom. The zero-order valence-electron chi connectivity index (χ0n) is 11.0. The van der Waals surface area contributed by atoms with Crippen molar-refractivity contribution >= 4 is 37.8 Å². The van der Waals surface area contributed by atoms with Crippen LogP contribution in [0.25, 0.3) is 0 Å². The van der Waals surface area contributed by atoms with Gasteiger partial charge in [-0.1, -0.05) is 15.9 Å². The fourth-order valence-corrected chi connectivity index (χ4v) is 3.46. The van der Waals surface area contributed by atoms with E-state index >= 15 is 0 Å². The molecule has 0 bridgehead atoms. The van der Waals surface area contributed by atoms with Crippen molar-refractivity contribution < 1.29 is 14.6 Å². The molecule has 20 heavy (non-hydrogen) atoms. The number of carbonyl (C=O) groups excluding carboxylic acids is 1.